The third-order valence-electron chi connectivity index (χ3n) is 4.36. The number of rotatable bonds is 8. The minimum atomic E-state index is -0.886. The highest BCUT2D eigenvalue weighted by Crippen LogP contribution is 2.29. The number of methoxy groups -OCH3 is 1. The van der Waals surface area contributed by atoms with Gasteiger partial charge in [0.05, 0.1) is 19.6 Å². The van der Waals surface area contributed by atoms with Crippen LogP contribution < -0.4 is 10.1 Å². The van der Waals surface area contributed by atoms with Gasteiger partial charge in [0.1, 0.15) is 11.8 Å². The first-order chi connectivity index (χ1) is 13.1. The highest BCUT2D eigenvalue weighted by Gasteiger charge is 2.34. The molecule has 0 aliphatic heterocycles. The van der Waals surface area contributed by atoms with Crippen molar-refractivity contribution in [1.29, 1.82) is 0 Å². The second-order valence-corrected chi connectivity index (χ2v) is 6.91. The predicted octanol–water partition coefficient (Wildman–Crippen LogP) is 5.09. The topological polar surface area (TPSA) is 77.5 Å². The molecule has 6 nitrogen and oxygen atoms in total. The Balaban J connectivity index is 1.91. The number of nitro groups is 1. The van der Waals surface area contributed by atoms with Gasteiger partial charge in [-0.2, -0.15) is 0 Å². The average molecular weight is 431 g/mol. The van der Waals surface area contributed by atoms with E-state index < -0.39 is 12.1 Å². The molecule has 7 heteroatoms. The summed E-state index contributed by atoms with van der Waals surface area (Å²) in [6.07, 6.45) is 3.33. The third-order valence-corrected chi connectivity index (χ3v) is 5.13. The van der Waals surface area contributed by atoms with E-state index in [2.05, 4.69) is 21.2 Å². The largest absolute Gasteiger partial charge is 0.497 e. The van der Waals surface area contributed by atoms with Crippen LogP contribution in [0.2, 0.25) is 0 Å². The van der Waals surface area contributed by atoms with Gasteiger partial charge in [-0.05, 0) is 42.0 Å². The molecule has 3 aromatic rings. The van der Waals surface area contributed by atoms with Crippen molar-refractivity contribution in [3.8, 4) is 5.75 Å². The van der Waals surface area contributed by atoms with Gasteiger partial charge >= 0.3 is 0 Å². The Hall–Kier alpha value is -2.80. The first-order valence-corrected chi connectivity index (χ1v) is 9.17. The molecule has 0 saturated heterocycles. The Morgan fingerprint density at radius 1 is 1.19 bits per heavy atom. The SMILES string of the molecule is COc1ccc(N[C@H](c2ccoc2)[C@H](Cc2ccccc2Br)[N+](=O)[O-])cc1. The number of hydrogen-bond acceptors (Lipinski definition) is 5. The lowest BCUT2D eigenvalue weighted by Crippen LogP contribution is -2.34. The lowest BCUT2D eigenvalue weighted by atomic mass is 9.95. The molecular formula is C20H19BrN2O4. The molecule has 0 unspecified atom stereocenters. The van der Waals surface area contributed by atoms with E-state index in [9.17, 15) is 10.1 Å². The summed E-state index contributed by atoms with van der Waals surface area (Å²) >= 11 is 3.48. The van der Waals surface area contributed by atoms with Crippen molar-refractivity contribution >= 4 is 21.6 Å². The van der Waals surface area contributed by atoms with Crippen LogP contribution in [0.15, 0.2) is 76.0 Å². The molecule has 0 aliphatic rings. The van der Waals surface area contributed by atoms with Crippen LogP contribution in [0.1, 0.15) is 17.2 Å². The summed E-state index contributed by atoms with van der Waals surface area (Å²) in [4.78, 5) is 11.7. The van der Waals surface area contributed by atoms with Crippen LogP contribution in [0.25, 0.3) is 0 Å². The summed E-state index contributed by atoms with van der Waals surface area (Å²) in [5, 5.41) is 15.2. The Bertz CT molecular complexity index is 881. The van der Waals surface area contributed by atoms with Gasteiger partial charge in [-0.1, -0.05) is 34.1 Å². The van der Waals surface area contributed by atoms with Gasteiger partial charge in [0.2, 0.25) is 6.04 Å². The smallest absolute Gasteiger partial charge is 0.241 e. The predicted molar refractivity (Wildman–Crippen MR) is 107 cm³/mol. The maximum absolute atomic E-state index is 11.9. The van der Waals surface area contributed by atoms with E-state index in [4.69, 9.17) is 9.15 Å². The van der Waals surface area contributed by atoms with Crippen molar-refractivity contribution < 1.29 is 14.1 Å². The van der Waals surface area contributed by atoms with Gasteiger partial charge in [0.25, 0.3) is 0 Å². The molecule has 140 valence electrons. The minimum absolute atomic E-state index is 0.242. The highest BCUT2D eigenvalue weighted by molar-refractivity contribution is 9.10. The van der Waals surface area contributed by atoms with Crippen molar-refractivity contribution in [1.82, 2.24) is 0 Å². The Morgan fingerprint density at radius 2 is 1.93 bits per heavy atom. The molecule has 1 aromatic heterocycles. The van der Waals surface area contributed by atoms with E-state index in [1.807, 2.05) is 48.5 Å². The quantitative estimate of drug-likeness (QED) is 0.397. The lowest BCUT2D eigenvalue weighted by Gasteiger charge is -2.23. The molecule has 0 fully saturated rings. The summed E-state index contributed by atoms with van der Waals surface area (Å²) in [7, 11) is 1.59. The fourth-order valence-corrected chi connectivity index (χ4v) is 3.37. The maximum atomic E-state index is 11.9. The first-order valence-electron chi connectivity index (χ1n) is 8.38. The van der Waals surface area contributed by atoms with Crippen LogP contribution in [-0.4, -0.2) is 18.1 Å². The normalized spacial score (nSPS) is 13.0. The van der Waals surface area contributed by atoms with E-state index in [0.29, 0.717) is 0 Å². The van der Waals surface area contributed by atoms with Gasteiger partial charge in [-0.3, -0.25) is 10.1 Å². The van der Waals surface area contributed by atoms with E-state index >= 15 is 0 Å². The molecule has 27 heavy (non-hydrogen) atoms. The van der Waals surface area contributed by atoms with Crippen LogP contribution >= 0.6 is 15.9 Å². The summed E-state index contributed by atoms with van der Waals surface area (Å²) in [5.74, 6) is 0.722. The van der Waals surface area contributed by atoms with Crippen molar-refractivity contribution in [2.75, 3.05) is 12.4 Å². The van der Waals surface area contributed by atoms with Crippen molar-refractivity contribution in [2.24, 2.45) is 0 Å². The first kappa shape index (κ1) is 19.0. The molecule has 0 spiro atoms. The molecule has 2 aromatic carbocycles. The number of furan rings is 1. The number of ether oxygens (including phenoxy) is 1. The summed E-state index contributed by atoms with van der Waals surface area (Å²) in [5.41, 5.74) is 2.37. The molecule has 0 amide bonds. The van der Waals surface area contributed by atoms with Crippen LogP contribution in [0, 0.1) is 10.1 Å². The molecule has 0 aliphatic carbocycles. The van der Waals surface area contributed by atoms with Gasteiger partial charge in [-0.25, -0.2) is 0 Å². The maximum Gasteiger partial charge on any atom is 0.241 e. The minimum Gasteiger partial charge on any atom is -0.497 e. The van der Waals surface area contributed by atoms with Gasteiger partial charge < -0.3 is 14.5 Å². The van der Waals surface area contributed by atoms with E-state index in [1.54, 1.807) is 13.2 Å². The van der Waals surface area contributed by atoms with Gasteiger partial charge in [0, 0.05) is 27.1 Å². The number of hydrogen-bond donors (Lipinski definition) is 1. The van der Waals surface area contributed by atoms with Crippen molar-refractivity contribution in [3.63, 3.8) is 0 Å². The van der Waals surface area contributed by atoms with Gasteiger partial charge in [0.15, 0.2) is 0 Å². The van der Waals surface area contributed by atoms with Crippen molar-refractivity contribution in [2.45, 2.75) is 18.5 Å². The van der Waals surface area contributed by atoms with Crippen LogP contribution in [-0.2, 0) is 6.42 Å². The molecule has 0 radical (unpaired) electrons. The van der Waals surface area contributed by atoms with Crippen LogP contribution in [0.5, 0.6) is 5.75 Å². The molecule has 2 atom stereocenters. The molecule has 3 rings (SSSR count). The number of anilines is 1. The fourth-order valence-electron chi connectivity index (χ4n) is 2.92. The third kappa shape index (κ3) is 4.68. The molecule has 1 N–H and O–H groups in total. The monoisotopic (exact) mass is 430 g/mol. The zero-order valence-corrected chi connectivity index (χ0v) is 16.3. The zero-order chi connectivity index (χ0) is 19.2. The van der Waals surface area contributed by atoms with E-state index in [-0.39, 0.29) is 11.3 Å². The van der Waals surface area contributed by atoms with E-state index in [0.717, 1.165) is 27.0 Å². The Kier molecular flexibility index (Phi) is 6.13. The summed E-state index contributed by atoms with van der Waals surface area (Å²) < 4.78 is 11.2. The number of benzene rings is 2. The second kappa shape index (κ2) is 8.73. The van der Waals surface area contributed by atoms with Crippen molar-refractivity contribution in [3.05, 3.63) is 92.8 Å². The second-order valence-electron chi connectivity index (χ2n) is 6.06. The van der Waals surface area contributed by atoms with Crippen LogP contribution in [0.3, 0.4) is 0 Å². The molecule has 0 bridgehead atoms. The zero-order valence-electron chi connectivity index (χ0n) is 14.7. The molecular weight excluding hydrogens is 412 g/mol. The molecule has 1 heterocycles. The Labute approximate surface area is 165 Å². The average Bonchev–Trinajstić information content (AvgIpc) is 3.20. The highest BCUT2D eigenvalue weighted by atomic mass is 79.9. The summed E-state index contributed by atoms with van der Waals surface area (Å²) in [6.45, 7) is 0. The van der Waals surface area contributed by atoms with E-state index in [1.165, 1.54) is 12.5 Å². The number of halogens is 1. The number of nitrogens with one attached hydrogen (secondary N) is 1. The number of nitrogens with zero attached hydrogens (tertiary/aromatic N) is 1. The van der Waals surface area contributed by atoms with Gasteiger partial charge in [-0.15, -0.1) is 0 Å². The molecule has 0 saturated carbocycles. The van der Waals surface area contributed by atoms with Crippen LogP contribution in [0.4, 0.5) is 5.69 Å². The summed E-state index contributed by atoms with van der Waals surface area (Å²) in [6, 6.07) is 15.1. The Morgan fingerprint density at radius 3 is 2.52 bits per heavy atom. The fraction of sp³-hybridized carbons (Fsp3) is 0.200. The standard InChI is InChI=1S/C20H19BrN2O4/c1-26-17-8-6-16(7-9-17)22-20(15-10-11-27-13-15)19(23(24)25)12-14-4-2-3-5-18(14)21/h2-11,13,19-20,22H,12H2,1H3/t19-,20+/m0/s1. The lowest BCUT2D eigenvalue weighted by molar-refractivity contribution is -0.525.